The lowest BCUT2D eigenvalue weighted by Crippen LogP contribution is -2.45. The van der Waals surface area contributed by atoms with Gasteiger partial charge in [0, 0.05) is 17.3 Å². The van der Waals surface area contributed by atoms with Gasteiger partial charge in [0.2, 0.25) is 11.8 Å². The molecule has 23 heavy (non-hydrogen) atoms. The lowest BCUT2D eigenvalue weighted by atomic mass is 9.73. The van der Waals surface area contributed by atoms with Gasteiger partial charge in [-0.25, -0.2) is 8.78 Å². The molecule has 1 aromatic rings. The standard InChI is InChI=1S/C17H17BrF2N2O/c18-14-4-2-1-3-12(14)11-5-6-17(19,20)9-13(11)15(23)22-16(10-21)7-8-16/h1-4,11,13H,5-9H2,(H,22,23)/t11-,13+/m0/s1. The molecule has 2 saturated carbocycles. The second-order valence-electron chi connectivity index (χ2n) is 6.52. The van der Waals surface area contributed by atoms with E-state index < -0.39 is 29.7 Å². The van der Waals surface area contributed by atoms with Crippen LogP contribution >= 0.6 is 15.9 Å². The highest BCUT2D eigenvalue weighted by Gasteiger charge is 2.50. The molecule has 0 radical (unpaired) electrons. The van der Waals surface area contributed by atoms with Gasteiger partial charge in [-0.15, -0.1) is 0 Å². The first-order valence-electron chi connectivity index (χ1n) is 7.71. The van der Waals surface area contributed by atoms with Gasteiger partial charge in [0.1, 0.15) is 5.54 Å². The number of benzene rings is 1. The smallest absolute Gasteiger partial charge is 0.249 e. The van der Waals surface area contributed by atoms with Crippen LogP contribution in [0.1, 0.15) is 43.6 Å². The second kappa shape index (κ2) is 5.86. The number of hydrogen-bond donors (Lipinski definition) is 1. The monoisotopic (exact) mass is 382 g/mol. The average molecular weight is 383 g/mol. The maximum atomic E-state index is 13.9. The number of rotatable bonds is 3. The van der Waals surface area contributed by atoms with Crippen molar-refractivity contribution in [3.8, 4) is 6.07 Å². The molecule has 0 heterocycles. The molecule has 1 aromatic carbocycles. The van der Waals surface area contributed by atoms with Gasteiger partial charge in [0.05, 0.1) is 12.0 Å². The van der Waals surface area contributed by atoms with Crippen LogP contribution in [0.15, 0.2) is 28.7 Å². The van der Waals surface area contributed by atoms with Crippen LogP contribution in [0.5, 0.6) is 0 Å². The highest BCUT2D eigenvalue weighted by atomic mass is 79.9. The largest absolute Gasteiger partial charge is 0.338 e. The Labute approximate surface area is 142 Å². The first-order valence-corrected chi connectivity index (χ1v) is 8.51. The molecule has 2 fully saturated rings. The number of carbonyl (C=O) groups is 1. The molecular formula is C17H17BrF2N2O. The number of amides is 1. The minimum atomic E-state index is -2.83. The highest BCUT2D eigenvalue weighted by Crippen LogP contribution is 2.47. The fourth-order valence-electron chi connectivity index (χ4n) is 3.28. The number of halogens is 3. The van der Waals surface area contributed by atoms with Gasteiger partial charge < -0.3 is 5.32 Å². The molecule has 0 bridgehead atoms. The van der Waals surface area contributed by atoms with Crippen molar-refractivity contribution in [3.63, 3.8) is 0 Å². The molecule has 3 nitrogen and oxygen atoms in total. The van der Waals surface area contributed by atoms with Gasteiger partial charge in [0.25, 0.3) is 0 Å². The molecule has 0 unspecified atom stereocenters. The van der Waals surface area contributed by atoms with E-state index >= 15 is 0 Å². The van der Waals surface area contributed by atoms with Gasteiger partial charge in [-0.3, -0.25) is 4.79 Å². The zero-order chi connectivity index (χ0) is 16.7. The predicted octanol–water partition coefficient (Wildman–Crippen LogP) is 4.14. The van der Waals surface area contributed by atoms with E-state index in [9.17, 15) is 13.6 Å². The molecule has 6 heteroatoms. The van der Waals surface area contributed by atoms with Crippen LogP contribution < -0.4 is 5.32 Å². The van der Waals surface area contributed by atoms with E-state index in [1.165, 1.54) is 0 Å². The third-order valence-electron chi connectivity index (χ3n) is 4.79. The first kappa shape index (κ1) is 16.4. The SMILES string of the molecule is N#CC1(NC(=O)[C@@H]2CC(F)(F)CC[C@H]2c2ccccc2Br)CC1. The Balaban J connectivity index is 1.87. The molecule has 3 rings (SSSR count). The van der Waals surface area contributed by atoms with Crippen molar-refractivity contribution < 1.29 is 13.6 Å². The molecule has 2 aliphatic rings. The molecule has 0 spiro atoms. The molecular weight excluding hydrogens is 366 g/mol. The molecule has 0 saturated heterocycles. The van der Waals surface area contributed by atoms with Crippen LogP contribution in [0.25, 0.3) is 0 Å². The van der Waals surface area contributed by atoms with E-state index in [1.54, 1.807) is 0 Å². The third kappa shape index (κ3) is 3.40. The first-order chi connectivity index (χ1) is 10.9. The minimum absolute atomic E-state index is 0.216. The Kier molecular flexibility index (Phi) is 4.18. The maximum Gasteiger partial charge on any atom is 0.249 e. The van der Waals surface area contributed by atoms with E-state index in [2.05, 4.69) is 27.3 Å². The van der Waals surface area contributed by atoms with E-state index in [4.69, 9.17) is 5.26 Å². The van der Waals surface area contributed by atoms with Crippen molar-refractivity contribution in [2.45, 2.75) is 49.5 Å². The van der Waals surface area contributed by atoms with Gasteiger partial charge in [0.15, 0.2) is 0 Å². The Morgan fingerprint density at radius 2 is 2.00 bits per heavy atom. The van der Waals surface area contributed by atoms with E-state index in [0.717, 1.165) is 10.0 Å². The van der Waals surface area contributed by atoms with Crippen molar-refractivity contribution in [2.75, 3.05) is 0 Å². The highest BCUT2D eigenvalue weighted by molar-refractivity contribution is 9.10. The number of nitrogens with one attached hydrogen (secondary N) is 1. The predicted molar refractivity (Wildman–Crippen MR) is 84.9 cm³/mol. The maximum absolute atomic E-state index is 13.9. The van der Waals surface area contributed by atoms with Crippen LogP contribution in [-0.2, 0) is 4.79 Å². The van der Waals surface area contributed by atoms with Crippen molar-refractivity contribution in [1.82, 2.24) is 5.32 Å². The molecule has 2 aliphatic carbocycles. The van der Waals surface area contributed by atoms with Crippen molar-refractivity contribution in [1.29, 1.82) is 5.26 Å². The van der Waals surface area contributed by atoms with E-state index in [-0.39, 0.29) is 18.8 Å². The van der Waals surface area contributed by atoms with E-state index in [1.807, 2.05) is 24.3 Å². The van der Waals surface area contributed by atoms with Gasteiger partial charge in [-0.1, -0.05) is 34.1 Å². The summed E-state index contributed by atoms with van der Waals surface area (Å²) in [4.78, 5) is 12.6. The molecule has 2 atom stereocenters. The lowest BCUT2D eigenvalue weighted by Gasteiger charge is -2.36. The number of alkyl halides is 2. The Morgan fingerprint density at radius 3 is 2.61 bits per heavy atom. The summed E-state index contributed by atoms with van der Waals surface area (Å²) in [7, 11) is 0. The second-order valence-corrected chi connectivity index (χ2v) is 7.37. The van der Waals surface area contributed by atoms with Crippen molar-refractivity contribution >= 4 is 21.8 Å². The summed E-state index contributed by atoms with van der Waals surface area (Å²) in [6.07, 6.45) is 0.766. The fraction of sp³-hybridized carbons (Fsp3) is 0.529. The molecule has 0 aromatic heterocycles. The quantitative estimate of drug-likeness (QED) is 0.853. The Bertz CT molecular complexity index is 667. The van der Waals surface area contributed by atoms with Gasteiger partial charge in [-0.05, 0) is 36.8 Å². The molecule has 122 valence electrons. The van der Waals surface area contributed by atoms with Crippen LogP contribution in [0.2, 0.25) is 0 Å². The summed E-state index contributed by atoms with van der Waals surface area (Å²) in [5.41, 5.74) is 0.0485. The summed E-state index contributed by atoms with van der Waals surface area (Å²) in [6, 6.07) is 9.51. The topological polar surface area (TPSA) is 52.9 Å². The van der Waals surface area contributed by atoms with E-state index in [0.29, 0.717) is 12.8 Å². The number of nitrogens with zero attached hydrogens (tertiary/aromatic N) is 1. The van der Waals surface area contributed by atoms with Crippen LogP contribution in [0, 0.1) is 17.2 Å². The van der Waals surface area contributed by atoms with Crippen LogP contribution in [0.3, 0.4) is 0 Å². The summed E-state index contributed by atoms with van der Waals surface area (Å²) in [5.74, 6) is -4.34. The normalized spacial score (nSPS) is 27.7. The van der Waals surface area contributed by atoms with Gasteiger partial charge in [-0.2, -0.15) is 5.26 Å². The summed E-state index contributed by atoms with van der Waals surface area (Å²) in [5, 5.41) is 11.8. The average Bonchev–Trinajstić information content (AvgIpc) is 3.27. The summed E-state index contributed by atoms with van der Waals surface area (Å²) in [6.45, 7) is 0. The molecule has 0 aliphatic heterocycles. The van der Waals surface area contributed by atoms with Crippen molar-refractivity contribution in [2.24, 2.45) is 5.92 Å². The Hall–Kier alpha value is -1.48. The number of carbonyl (C=O) groups excluding carboxylic acids is 1. The zero-order valence-electron chi connectivity index (χ0n) is 12.5. The lowest BCUT2D eigenvalue weighted by molar-refractivity contribution is -0.134. The summed E-state index contributed by atoms with van der Waals surface area (Å²) < 4.78 is 28.6. The van der Waals surface area contributed by atoms with Crippen molar-refractivity contribution in [3.05, 3.63) is 34.3 Å². The summed E-state index contributed by atoms with van der Waals surface area (Å²) >= 11 is 3.45. The molecule has 1 amide bonds. The van der Waals surface area contributed by atoms with Gasteiger partial charge >= 0.3 is 0 Å². The number of nitriles is 1. The van der Waals surface area contributed by atoms with Crippen LogP contribution in [0.4, 0.5) is 8.78 Å². The fourth-order valence-corrected chi connectivity index (χ4v) is 3.85. The minimum Gasteiger partial charge on any atom is -0.338 e. The third-order valence-corrected chi connectivity index (χ3v) is 5.52. The Morgan fingerprint density at radius 1 is 1.30 bits per heavy atom. The molecule has 1 N–H and O–H groups in total. The van der Waals surface area contributed by atoms with Crippen LogP contribution in [-0.4, -0.2) is 17.4 Å². The zero-order valence-corrected chi connectivity index (χ0v) is 14.1. The number of hydrogen-bond acceptors (Lipinski definition) is 2.